The van der Waals surface area contributed by atoms with Crippen molar-refractivity contribution in [2.75, 3.05) is 6.61 Å². The summed E-state index contributed by atoms with van der Waals surface area (Å²) in [4.78, 5) is 12.0. The fourth-order valence-corrected chi connectivity index (χ4v) is 2.98. The summed E-state index contributed by atoms with van der Waals surface area (Å²) < 4.78 is 5.71. The lowest BCUT2D eigenvalue weighted by molar-refractivity contribution is -0.136. The van der Waals surface area contributed by atoms with Crippen LogP contribution in [0.5, 0.6) is 5.75 Å². The van der Waals surface area contributed by atoms with Crippen LogP contribution in [-0.4, -0.2) is 17.7 Å². The second kappa shape index (κ2) is 9.26. The molecule has 118 valence electrons. The number of thiophene rings is 1. The molecule has 3 nitrogen and oxygen atoms in total. The second-order valence-corrected chi connectivity index (χ2v) is 6.31. The maximum Gasteiger partial charge on any atom is 0.303 e. The normalized spacial score (nSPS) is 10.5. The topological polar surface area (TPSA) is 46.5 Å². The van der Waals surface area contributed by atoms with Crippen molar-refractivity contribution < 1.29 is 14.6 Å². The third-order valence-electron chi connectivity index (χ3n) is 3.47. The number of benzene rings is 1. The number of carboxylic acids is 1. The van der Waals surface area contributed by atoms with Gasteiger partial charge in [-0.25, -0.2) is 0 Å². The second-order valence-electron chi connectivity index (χ2n) is 5.28. The van der Waals surface area contributed by atoms with Crippen LogP contribution >= 0.6 is 11.3 Å². The van der Waals surface area contributed by atoms with Crippen LogP contribution in [0, 0.1) is 0 Å². The number of unbranched alkanes of at least 4 members (excludes halogenated alkanes) is 2. The SMILES string of the molecule is O=C(O)CCc1ccc(OCCCCCc2cccs2)cc1. The van der Waals surface area contributed by atoms with Gasteiger partial charge in [0, 0.05) is 11.3 Å². The monoisotopic (exact) mass is 318 g/mol. The number of carbonyl (C=O) groups is 1. The minimum absolute atomic E-state index is 0.171. The minimum Gasteiger partial charge on any atom is -0.494 e. The number of hydrogen-bond acceptors (Lipinski definition) is 3. The average molecular weight is 318 g/mol. The Morgan fingerprint density at radius 1 is 1.05 bits per heavy atom. The maximum atomic E-state index is 10.5. The summed E-state index contributed by atoms with van der Waals surface area (Å²) in [5.41, 5.74) is 1.03. The highest BCUT2D eigenvalue weighted by atomic mass is 32.1. The molecule has 2 aromatic rings. The van der Waals surface area contributed by atoms with Gasteiger partial charge in [0.2, 0.25) is 0 Å². The number of aliphatic carboxylic acids is 1. The summed E-state index contributed by atoms with van der Waals surface area (Å²) in [6, 6.07) is 12.0. The van der Waals surface area contributed by atoms with E-state index in [1.54, 1.807) is 0 Å². The van der Waals surface area contributed by atoms with Crippen LogP contribution in [0.1, 0.15) is 36.1 Å². The van der Waals surface area contributed by atoms with Gasteiger partial charge in [0.05, 0.1) is 6.61 Å². The van der Waals surface area contributed by atoms with Crippen LogP contribution in [0.3, 0.4) is 0 Å². The Morgan fingerprint density at radius 2 is 1.86 bits per heavy atom. The molecule has 4 heteroatoms. The first kappa shape index (κ1) is 16.6. The number of hydrogen-bond donors (Lipinski definition) is 1. The standard InChI is InChI=1S/C18H22O3S/c19-18(20)12-9-15-7-10-16(11-8-15)21-13-3-1-2-5-17-6-4-14-22-17/h4,6-8,10-11,14H,1-3,5,9,12-13H2,(H,19,20). The molecule has 0 bridgehead atoms. The largest absolute Gasteiger partial charge is 0.494 e. The molecule has 0 radical (unpaired) electrons. The number of rotatable bonds is 10. The van der Waals surface area contributed by atoms with Crippen LogP contribution in [-0.2, 0) is 17.6 Å². The fraction of sp³-hybridized carbons (Fsp3) is 0.389. The van der Waals surface area contributed by atoms with Gasteiger partial charge in [-0.3, -0.25) is 4.79 Å². The van der Waals surface area contributed by atoms with Crippen LogP contribution < -0.4 is 4.74 Å². The number of aryl methyl sites for hydroxylation is 2. The van der Waals surface area contributed by atoms with Gasteiger partial charge >= 0.3 is 5.97 Å². The molecule has 1 N–H and O–H groups in total. The molecule has 0 unspecified atom stereocenters. The predicted octanol–water partition coefficient (Wildman–Crippen LogP) is 4.56. The molecule has 0 saturated carbocycles. The van der Waals surface area contributed by atoms with E-state index in [2.05, 4.69) is 17.5 Å². The molecule has 1 heterocycles. The van der Waals surface area contributed by atoms with Crippen molar-refractivity contribution in [2.45, 2.75) is 38.5 Å². The average Bonchev–Trinajstić information content (AvgIpc) is 3.03. The van der Waals surface area contributed by atoms with Gasteiger partial charge in [-0.2, -0.15) is 0 Å². The van der Waals surface area contributed by atoms with Crippen molar-refractivity contribution in [3.63, 3.8) is 0 Å². The lowest BCUT2D eigenvalue weighted by atomic mass is 10.1. The fourth-order valence-electron chi connectivity index (χ4n) is 2.23. The first-order valence-electron chi connectivity index (χ1n) is 7.70. The van der Waals surface area contributed by atoms with Crippen LogP contribution in [0.4, 0.5) is 0 Å². The van der Waals surface area contributed by atoms with Crippen LogP contribution in [0.15, 0.2) is 41.8 Å². The summed E-state index contributed by atoms with van der Waals surface area (Å²) in [6.07, 6.45) is 5.34. The van der Waals surface area contributed by atoms with E-state index in [0.29, 0.717) is 6.42 Å². The molecular formula is C18H22O3S. The van der Waals surface area contributed by atoms with Crippen molar-refractivity contribution in [1.82, 2.24) is 0 Å². The van der Waals surface area contributed by atoms with Crippen molar-refractivity contribution in [1.29, 1.82) is 0 Å². The lowest BCUT2D eigenvalue weighted by Crippen LogP contribution is -1.99. The molecule has 2 rings (SSSR count). The van der Waals surface area contributed by atoms with Gasteiger partial charge in [-0.05, 0) is 61.2 Å². The van der Waals surface area contributed by atoms with Crippen LogP contribution in [0.25, 0.3) is 0 Å². The summed E-state index contributed by atoms with van der Waals surface area (Å²) in [6.45, 7) is 0.735. The van der Waals surface area contributed by atoms with Crippen molar-refractivity contribution in [3.05, 3.63) is 52.2 Å². The van der Waals surface area contributed by atoms with Gasteiger partial charge in [-0.1, -0.05) is 18.2 Å². The van der Waals surface area contributed by atoms with Crippen molar-refractivity contribution >= 4 is 17.3 Å². The minimum atomic E-state index is -0.761. The zero-order valence-corrected chi connectivity index (χ0v) is 13.5. The summed E-state index contributed by atoms with van der Waals surface area (Å²) in [5, 5.41) is 10.8. The molecule has 0 saturated heterocycles. The molecule has 1 aromatic heterocycles. The van der Waals surface area contributed by atoms with E-state index in [9.17, 15) is 4.79 Å². The highest BCUT2D eigenvalue weighted by Gasteiger charge is 2.00. The molecule has 0 aliphatic carbocycles. The van der Waals surface area contributed by atoms with Gasteiger partial charge < -0.3 is 9.84 Å². The Hall–Kier alpha value is -1.81. The smallest absolute Gasteiger partial charge is 0.303 e. The Labute approximate surface area is 135 Å². The van der Waals surface area contributed by atoms with Crippen molar-refractivity contribution in [2.24, 2.45) is 0 Å². The van der Waals surface area contributed by atoms with Gasteiger partial charge in [-0.15, -0.1) is 11.3 Å². The summed E-state index contributed by atoms with van der Waals surface area (Å²) >= 11 is 1.82. The zero-order chi connectivity index (χ0) is 15.6. The summed E-state index contributed by atoms with van der Waals surface area (Å²) in [7, 11) is 0. The predicted molar refractivity (Wildman–Crippen MR) is 89.8 cm³/mol. The first-order valence-corrected chi connectivity index (χ1v) is 8.58. The molecule has 0 spiro atoms. The Bertz CT molecular complexity index is 546. The van der Waals surface area contributed by atoms with E-state index < -0.39 is 5.97 Å². The number of carboxylic acid groups (broad SMARTS) is 1. The summed E-state index contributed by atoms with van der Waals surface area (Å²) in [5.74, 6) is 0.0974. The molecule has 0 aliphatic rings. The Balaban J connectivity index is 1.57. The maximum absolute atomic E-state index is 10.5. The van der Waals surface area contributed by atoms with Gasteiger partial charge in [0.15, 0.2) is 0 Å². The lowest BCUT2D eigenvalue weighted by Gasteiger charge is -2.07. The Morgan fingerprint density at radius 3 is 2.55 bits per heavy atom. The van der Waals surface area contributed by atoms with Gasteiger partial charge in [0.25, 0.3) is 0 Å². The first-order chi connectivity index (χ1) is 10.7. The van der Waals surface area contributed by atoms with Crippen molar-refractivity contribution in [3.8, 4) is 5.75 Å². The third-order valence-corrected chi connectivity index (χ3v) is 4.40. The van der Waals surface area contributed by atoms with E-state index in [4.69, 9.17) is 9.84 Å². The zero-order valence-electron chi connectivity index (χ0n) is 12.7. The van der Waals surface area contributed by atoms with E-state index >= 15 is 0 Å². The number of ether oxygens (including phenoxy) is 1. The third kappa shape index (κ3) is 6.31. The van der Waals surface area contributed by atoms with E-state index in [0.717, 1.165) is 30.8 Å². The molecule has 0 amide bonds. The molecule has 0 fully saturated rings. The quantitative estimate of drug-likeness (QED) is 0.653. The molecule has 0 aliphatic heterocycles. The van der Waals surface area contributed by atoms with E-state index in [1.807, 2.05) is 35.6 Å². The molecule has 22 heavy (non-hydrogen) atoms. The highest BCUT2D eigenvalue weighted by molar-refractivity contribution is 7.09. The molecular weight excluding hydrogens is 296 g/mol. The van der Waals surface area contributed by atoms with Gasteiger partial charge in [0.1, 0.15) is 5.75 Å². The highest BCUT2D eigenvalue weighted by Crippen LogP contribution is 2.15. The van der Waals surface area contributed by atoms with E-state index in [1.165, 1.54) is 17.7 Å². The molecule has 0 atom stereocenters. The van der Waals surface area contributed by atoms with Crippen LogP contribution in [0.2, 0.25) is 0 Å². The molecule has 1 aromatic carbocycles. The Kier molecular flexibility index (Phi) is 6.97. The van der Waals surface area contributed by atoms with E-state index in [-0.39, 0.29) is 6.42 Å².